The summed E-state index contributed by atoms with van der Waals surface area (Å²) in [7, 11) is -3.71. The molecule has 0 aliphatic heterocycles. The first-order chi connectivity index (χ1) is 14.4. The number of nitrogens with one attached hydrogen (secondary N) is 1. The molecule has 31 heavy (non-hydrogen) atoms. The van der Waals surface area contributed by atoms with Crippen LogP contribution in [0.1, 0.15) is 45.6 Å². The van der Waals surface area contributed by atoms with Gasteiger partial charge in [0.15, 0.2) is 11.6 Å². The number of hydrogen-bond donors (Lipinski definition) is 1. The summed E-state index contributed by atoms with van der Waals surface area (Å²) in [4.78, 5) is 12.4. The number of carbonyl (C=O) groups is 1. The van der Waals surface area contributed by atoms with Gasteiger partial charge in [0.05, 0.1) is 11.9 Å². The minimum Gasteiger partial charge on any atom is -0.354 e. The van der Waals surface area contributed by atoms with Gasteiger partial charge in [0.2, 0.25) is 15.9 Å². The topological polar surface area (TPSA) is 66.5 Å². The summed E-state index contributed by atoms with van der Waals surface area (Å²) in [6.45, 7) is 6.17. The molecule has 0 bridgehead atoms. The number of anilines is 1. The highest BCUT2D eigenvalue weighted by atomic mass is 32.2. The molecule has 8 heteroatoms. The van der Waals surface area contributed by atoms with Crippen LogP contribution in [0.2, 0.25) is 0 Å². The molecule has 1 N–H and O–H groups in total. The molecule has 2 aromatic carbocycles. The summed E-state index contributed by atoms with van der Waals surface area (Å²) in [6, 6.07) is 12.9. The molecule has 0 unspecified atom stereocenters. The summed E-state index contributed by atoms with van der Waals surface area (Å²) < 4.78 is 51.8. The molecule has 0 fully saturated rings. The fourth-order valence-corrected chi connectivity index (χ4v) is 4.64. The molecule has 5 nitrogen and oxygen atoms in total. The van der Waals surface area contributed by atoms with Crippen LogP contribution in [0, 0.1) is 11.6 Å². The first kappa shape index (κ1) is 24.8. The third-order valence-corrected chi connectivity index (χ3v) is 6.33. The molecule has 2 aromatic rings. The van der Waals surface area contributed by atoms with Gasteiger partial charge >= 0.3 is 0 Å². The van der Waals surface area contributed by atoms with Crippen molar-refractivity contribution in [3.63, 3.8) is 0 Å². The lowest BCUT2D eigenvalue weighted by atomic mass is 9.79. The van der Waals surface area contributed by atoms with E-state index in [2.05, 4.69) is 31.3 Å². The van der Waals surface area contributed by atoms with Crippen LogP contribution in [0.25, 0.3) is 0 Å². The van der Waals surface area contributed by atoms with Crippen LogP contribution in [-0.4, -0.2) is 33.2 Å². The van der Waals surface area contributed by atoms with Crippen molar-refractivity contribution < 1.29 is 22.0 Å². The largest absolute Gasteiger partial charge is 0.354 e. The lowest BCUT2D eigenvalue weighted by molar-refractivity contribution is -0.121. The average Bonchev–Trinajstić information content (AvgIpc) is 2.67. The molecule has 0 spiro atoms. The lowest BCUT2D eigenvalue weighted by Gasteiger charge is -2.29. The van der Waals surface area contributed by atoms with Crippen molar-refractivity contribution in [3.8, 4) is 0 Å². The van der Waals surface area contributed by atoms with Gasteiger partial charge in [-0.2, -0.15) is 0 Å². The van der Waals surface area contributed by atoms with Crippen molar-refractivity contribution in [2.24, 2.45) is 0 Å². The number of nitrogens with zero attached hydrogens (tertiary/aromatic N) is 1. The van der Waals surface area contributed by atoms with E-state index in [-0.39, 0.29) is 42.4 Å². The zero-order valence-corrected chi connectivity index (χ0v) is 19.2. The van der Waals surface area contributed by atoms with Crippen molar-refractivity contribution in [3.05, 3.63) is 65.7 Å². The summed E-state index contributed by atoms with van der Waals surface area (Å²) in [5.41, 5.74) is 1.10. The monoisotopic (exact) mass is 452 g/mol. The van der Waals surface area contributed by atoms with Crippen LogP contribution in [0.15, 0.2) is 48.5 Å². The van der Waals surface area contributed by atoms with Crippen LogP contribution in [0.4, 0.5) is 14.5 Å². The Hall–Kier alpha value is -2.48. The second-order valence-corrected chi connectivity index (χ2v) is 10.4. The molecule has 170 valence electrons. The van der Waals surface area contributed by atoms with Gasteiger partial charge in [0, 0.05) is 25.1 Å². The Labute approximate surface area is 183 Å². The summed E-state index contributed by atoms with van der Waals surface area (Å²) in [6.07, 6.45) is 2.09. The maximum Gasteiger partial charge on any atom is 0.232 e. The van der Waals surface area contributed by atoms with E-state index in [1.165, 1.54) is 11.6 Å². The third kappa shape index (κ3) is 7.31. The quantitative estimate of drug-likeness (QED) is 0.582. The third-order valence-electron chi connectivity index (χ3n) is 5.14. The van der Waals surface area contributed by atoms with Gasteiger partial charge in [0.25, 0.3) is 0 Å². The number of amides is 1. The maximum atomic E-state index is 13.5. The molecular weight excluding hydrogens is 422 g/mol. The second kappa shape index (κ2) is 10.2. The Bertz CT molecular complexity index is 995. The van der Waals surface area contributed by atoms with E-state index in [0.717, 1.165) is 29.1 Å². The molecule has 0 aliphatic carbocycles. The fraction of sp³-hybridized carbons (Fsp3) is 0.435. The zero-order chi connectivity index (χ0) is 23.2. The van der Waals surface area contributed by atoms with Crippen molar-refractivity contribution in [2.75, 3.05) is 17.1 Å². The molecule has 0 aromatic heterocycles. The van der Waals surface area contributed by atoms with Crippen LogP contribution < -0.4 is 9.62 Å². The van der Waals surface area contributed by atoms with Crippen LogP contribution in [0.3, 0.4) is 0 Å². The Morgan fingerprint density at radius 3 is 2.32 bits per heavy atom. The number of halogens is 2. The van der Waals surface area contributed by atoms with E-state index in [0.29, 0.717) is 0 Å². The SMILES string of the molecule is C[C@H](CC(C)(C)c1ccccc1)NC(=O)CCCN(c1ccc(F)c(F)c1)S(C)(=O)=O. The van der Waals surface area contributed by atoms with E-state index in [1.807, 2.05) is 25.1 Å². The first-order valence-corrected chi connectivity index (χ1v) is 12.0. The average molecular weight is 453 g/mol. The fourth-order valence-electron chi connectivity index (χ4n) is 3.68. The lowest BCUT2D eigenvalue weighted by Crippen LogP contribution is -2.38. The van der Waals surface area contributed by atoms with Gasteiger partial charge in [-0.1, -0.05) is 44.2 Å². The highest BCUT2D eigenvalue weighted by Gasteiger charge is 2.24. The number of hydrogen-bond acceptors (Lipinski definition) is 3. The second-order valence-electron chi connectivity index (χ2n) is 8.46. The number of carbonyl (C=O) groups excluding carboxylic acids is 1. The predicted molar refractivity (Wildman–Crippen MR) is 119 cm³/mol. The van der Waals surface area contributed by atoms with Gasteiger partial charge < -0.3 is 5.32 Å². The molecule has 0 heterocycles. The predicted octanol–water partition coefficient (Wildman–Crippen LogP) is 4.38. The molecular formula is C23H30F2N2O3S. The molecule has 2 rings (SSSR count). The Morgan fingerprint density at radius 1 is 1.10 bits per heavy atom. The summed E-state index contributed by atoms with van der Waals surface area (Å²) >= 11 is 0. The normalized spacial score (nSPS) is 13.0. The van der Waals surface area contributed by atoms with E-state index >= 15 is 0 Å². The Morgan fingerprint density at radius 2 is 1.74 bits per heavy atom. The van der Waals surface area contributed by atoms with Gasteiger partial charge in [-0.25, -0.2) is 17.2 Å². The van der Waals surface area contributed by atoms with Crippen LogP contribution in [0.5, 0.6) is 0 Å². The molecule has 0 radical (unpaired) electrons. The van der Waals surface area contributed by atoms with E-state index in [1.54, 1.807) is 0 Å². The Balaban J connectivity index is 1.91. The van der Waals surface area contributed by atoms with Gasteiger partial charge in [-0.05, 0) is 42.9 Å². The number of rotatable bonds is 10. The van der Waals surface area contributed by atoms with E-state index in [4.69, 9.17) is 0 Å². The van der Waals surface area contributed by atoms with E-state index in [9.17, 15) is 22.0 Å². The number of sulfonamides is 1. The van der Waals surface area contributed by atoms with Crippen molar-refractivity contribution in [1.82, 2.24) is 5.32 Å². The van der Waals surface area contributed by atoms with Crippen molar-refractivity contribution in [1.29, 1.82) is 0 Å². The standard InChI is InChI=1S/C23H30F2N2O3S/c1-17(16-23(2,3)18-9-6-5-7-10-18)26-22(28)11-8-14-27(31(4,29)30)19-12-13-20(24)21(25)15-19/h5-7,9-10,12-13,15,17H,8,11,14,16H2,1-4H3,(H,26,28)/t17-/m1/s1. The summed E-state index contributed by atoms with van der Waals surface area (Å²) in [5, 5.41) is 2.96. The molecule has 1 atom stereocenters. The van der Waals surface area contributed by atoms with E-state index < -0.39 is 21.7 Å². The molecule has 1 amide bonds. The van der Waals surface area contributed by atoms with Gasteiger partial charge in [-0.3, -0.25) is 9.10 Å². The van der Waals surface area contributed by atoms with Gasteiger partial charge in [-0.15, -0.1) is 0 Å². The zero-order valence-electron chi connectivity index (χ0n) is 18.4. The molecule has 0 aliphatic rings. The smallest absolute Gasteiger partial charge is 0.232 e. The summed E-state index contributed by atoms with van der Waals surface area (Å²) in [5.74, 6) is -2.36. The molecule has 0 saturated heterocycles. The molecule has 0 saturated carbocycles. The van der Waals surface area contributed by atoms with Gasteiger partial charge in [0.1, 0.15) is 0 Å². The highest BCUT2D eigenvalue weighted by Crippen LogP contribution is 2.28. The highest BCUT2D eigenvalue weighted by molar-refractivity contribution is 7.92. The number of benzene rings is 2. The van der Waals surface area contributed by atoms with Crippen LogP contribution >= 0.6 is 0 Å². The van der Waals surface area contributed by atoms with Crippen molar-refractivity contribution in [2.45, 2.75) is 51.5 Å². The minimum absolute atomic E-state index is 0.0127. The Kier molecular flexibility index (Phi) is 8.17. The minimum atomic E-state index is -3.71. The maximum absolute atomic E-state index is 13.5. The first-order valence-electron chi connectivity index (χ1n) is 10.2. The van der Waals surface area contributed by atoms with Crippen molar-refractivity contribution >= 4 is 21.6 Å². The van der Waals surface area contributed by atoms with Crippen LogP contribution in [-0.2, 0) is 20.2 Å².